The zero-order chi connectivity index (χ0) is 27.8. The van der Waals surface area contributed by atoms with Crippen molar-refractivity contribution in [1.82, 2.24) is 14.7 Å². The van der Waals surface area contributed by atoms with Gasteiger partial charge in [-0.15, -0.1) is 0 Å². The Morgan fingerprint density at radius 3 is 1.10 bits per heavy atom. The van der Waals surface area contributed by atoms with Gasteiger partial charge in [-0.2, -0.15) is 0 Å². The summed E-state index contributed by atoms with van der Waals surface area (Å²) in [5.41, 5.74) is -0.808. The van der Waals surface area contributed by atoms with E-state index in [1.54, 1.807) is 0 Å². The topological polar surface area (TPSA) is 116 Å². The highest BCUT2D eigenvalue weighted by Gasteiger charge is 2.34. The van der Waals surface area contributed by atoms with E-state index in [9.17, 15) is 14.4 Å². The molecule has 0 bridgehead atoms. The normalized spacial score (nSPS) is 19.9. The minimum Gasteiger partial charge on any atom is -0.465 e. The molecule has 0 saturated carbocycles. The standard InChI is InChI=1S/C27H47N3O9/c1-2-27(21-37-24(31)3-6-28-9-15-34-16-10-28,22-38-25(32)4-7-29-11-17-35-18-12-29)23-39-26(33)5-8-30-13-19-36-20-14-30/h2-23H2,1H3. The van der Waals surface area contributed by atoms with Gasteiger partial charge in [0.2, 0.25) is 0 Å². The molecule has 3 aliphatic heterocycles. The van der Waals surface area contributed by atoms with E-state index in [-0.39, 0.29) is 57.0 Å². The average molecular weight is 558 g/mol. The molecule has 0 unspecified atom stereocenters. The highest BCUT2D eigenvalue weighted by Crippen LogP contribution is 2.25. The van der Waals surface area contributed by atoms with Gasteiger partial charge in [-0.1, -0.05) is 6.92 Å². The second-order valence-corrected chi connectivity index (χ2v) is 10.4. The number of hydrogen-bond donors (Lipinski definition) is 0. The fourth-order valence-electron chi connectivity index (χ4n) is 4.57. The second kappa shape index (κ2) is 17.8. The van der Waals surface area contributed by atoms with Crippen LogP contribution in [-0.2, 0) is 42.8 Å². The van der Waals surface area contributed by atoms with Crippen LogP contribution in [0.15, 0.2) is 0 Å². The molecule has 0 N–H and O–H groups in total. The summed E-state index contributed by atoms with van der Waals surface area (Å²) >= 11 is 0. The van der Waals surface area contributed by atoms with Gasteiger partial charge in [0.05, 0.1) is 64.3 Å². The zero-order valence-corrected chi connectivity index (χ0v) is 23.6. The summed E-state index contributed by atoms with van der Waals surface area (Å²) < 4.78 is 33.0. The molecular formula is C27H47N3O9. The Hall–Kier alpha value is -1.83. The van der Waals surface area contributed by atoms with Gasteiger partial charge < -0.3 is 28.4 Å². The third-order valence-corrected chi connectivity index (χ3v) is 7.58. The number of hydrogen-bond acceptors (Lipinski definition) is 12. The third-order valence-electron chi connectivity index (χ3n) is 7.58. The van der Waals surface area contributed by atoms with Crippen LogP contribution < -0.4 is 0 Å². The lowest BCUT2D eigenvalue weighted by molar-refractivity contribution is -0.163. The Morgan fingerprint density at radius 1 is 0.564 bits per heavy atom. The minimum absolute atomic E-state index is 0.0128. The van der Waals surface area contributed by atoms with Crippen molar-refractivity contribution >= 4 is 17.9 Å². The molecule has 39 heavy (non-hydrogen) atoms. The highest BCUT2D eigenvalue weighted by molar-refractivity contribution is 5.70. The van der Waals surface area contributed by atoms with Gasteiger partial charge in [-0.3, -0.25) is 29.1 Å². The number of ether oxygens (including phenoxy) is 6. The summed E-state index contributed by atoms with van der Waals surface area (Å²) in [6, 6.07) is 0. The highest BCUT2D eigenvalue weighted by atomic mass is 16.6. The predicted octanol–water partition coefficient (Wildman–Crippen LogP) is 0.179. The summed E-state index contributed by atoms with van der Waals surface area (Å²) in [6.07, 6.45) is 1.30. The molecule has 3 heterocycles. The second-order valence-electron chi connectivity index (χ2n) is 10.4. The monoisotopic (exact) mass is 557 g/mol. The Balaban J connectivity index is 1.47. The Kier molecular flexibility index (Phi) is 14.4. The molecule has 12 heteroatoms. The van der Waals surface area contributed by atoms with E-state index >= 15 is 0 Å². The molecule has 0 radical (unpaired) electrons. The summed E-state index contributed by atoms with van der Waals surface area (Å²) in [6.45, 7) is 12.6. The van der Waals surface area contributed by atoms with Crippen LogP contribution in [0.4, 0.5) is 0 Å². The zero-order valence-electron chi connectivity index (χ0n) is 23.6. The molecule has 0 aliphatic carbocycles. The van der Waals surface area contributed by atoms with Crippen LogP contribution in [0.2, 0.25) is 0 Å². The van der Waals surface area contributed by atoms with E-state index in [1.165, 1.54) is 0 Å². The maximum atomic E-state index is 12.6. The molecule has 3 saturated heterocycles. The average Bonchev–Trinajstić information content (AvgIpc) is 2.99. The fourth-order valence-corrected chi connectivity index (χ4v) is 4.57. The molecule has 3 aliphatic rings. The molecule has 3 fully saturated rings. The lowest BCUT2D eigenvalue weighted by Crippen LogP contribution is -2.41. The Bertz CT molecular complexity index is 643. The predicted molar refractivity (Wildman–Crippen MR) is 141 cm³/mol. The van der Waals surface area contributed by atoms with Gasteiger partial charge in [0.25, 0.3) is 0 Å². The maximum absolute atomic E-state index is 12.6. The van der Waals surface area contributed by atoms with Crippen molar-refractivity contribution in [2.24, 2.45) is 5.41 Å². The quantitative estimate of drug-likeness (QED) is 0.190. The van der Waals surface area contributed by atoms with Gasteiger partial charge in [0.15, 0.2) is 0 Å². The number of morpholine rings is 3. The molecule has 3 rings (SSSR count). The smallest absolute Gasteiger partial charge is 0.307 e. The summed E-state index contributed by atoms with van der Waals surface area (Å²) in [5, 5.41) is 0. The molecule has 0 spiro atoms. The lowest BCUT2D eigenvalue weighted by atomic mass is 9.88. The number of rotatable bonds is 16. The molecule has 0 aromatic heterocycles. The van der Waals surface area contributed by atoms with E-state index < -0.39 is 5.41 Å². The van der Waals surface area contributed by atoms with Crippen LogP contribution in [0.5, 0.6) is 0 Å². The van der Waals surface area contributed by atoms with Gasteiger partial charge >= 0.3 is 17.9 Å². The summed E-state index contributed by atoms with van der Waals surface area (Å²) in [4.78, 5) is 44.2. The van der Waals surface area contributed by atoms with Crippen LogP contribution in [0.25, 0.3) is 0 Å². The van der Waals surface area contributed by atoms with Crippen LogP contribution in [0.3, 0.4) is 0 Å². The molecular weight excluding hydrogens is 510 g/mol. The van der Waals surface area contributed by atoms with Crippen molar-refractivity contribution in [2.45, 2.75) is 32.6 Å². The van der Waals surface area contributed by atoms with Gasteiger partial charge in [0.1, 0.15) is 19.8 Å². The van der Waals surface area contributed by atoms with Crippen LogP contribution in [0.1, 0.15) is 32.6 Å². The molecule has 12 nitrogen and oxygen atoms in total. The van der Waals surface area contributed by atoms with E-state index in [0.717, 1.165) is 39.3 Å². The van der Waals surface area contributed by atoms with Crippen LogP contribution >= 0.6 is 0 Å². The van der Waals surface area contributed by atoms with Gasteiger partial charge in [-0.05, 0) is 6.42 Å². The Morgan fingerprint density at radius 2 is 0.846 bits per heavy atom. The molecule has 0 atom stereocenters. The van der Waals surface area contributed by atoms with Gasteiger partial charge in [0, 0.05) is 58.9 Å². The van der Waals surface area contributed by atoms with Crippen LogP contribution in [-0.4, -0.2) is 151 Å². The first-order chi connectivity index (χ1) is 19.0. The number of esters is 3. The van der Waals surface area contributed by atoms with Crippen molar-refractivity contribution in [3.8, 4) is 0 Å². The van der Waals surface area contributed by atoms with E-state index in [4.69, 9.17) is 28.4 Å². The molecule has 0 amide bonds. The summed E-state index contributed by atoms with van der Waals surface area (Å²) in [7, 11) is 0. The number of carbonyl (C=O) groups is 3. The summed E-state index contributed by atoms with van der Waals surface area (Å²) in [5.74, 6) is -0.968. The van der Waals surface area contributed by atoms with Crippen molar-refractivity contribution in [3.05, 3.63) is 0 Å². The van der Waals surface area contributed by atoms with Crippen molar-refractivity contribution in [3.63, 3.8) is 0 Å². The van der Waals surface area contributed by atoms with Gasteiger partial charge in [-0.25, -0.2) is 0 Å². The first-order valence-corrected chi connectivity index (χ1v) is 14.4. The third kappa shape index (κ3) is 12.5. The Labute approximate surface area is 232 Å². The fraction of sp³-hybridized carbons (Fsp3) is 0.889. The van der Waals surface area contributed by atoms with E-state index in [2.05, 4.69) is 14.7 Å². The van der Waals surface area contributed by atoms with E-state index in [1.807, 2.05) is 6.92 Å². The van der Waals surface area contributed by atoms with Crippen molar-refractivity contribution < 1.29 is 42.8 Å². The number of carbonyl (C=O) groups excluding carboxylic acids is 3. The SMILES string of the molecule is CCC(COC(=O)CCN1CCOCC1)(COC(=O)CCN1CCOCC1)COC(=O)CCN1CCOCC1. The maximum Gasteiger partial charge on any atom is 0.307 e. The van der Waals surface area contributed by atoms with Crippen molar-refractivity contribution in [2.75, 3.05) is 118 Å². The largest absolute Gasteiger partial charge is 0.465 e. The van der Waals surface area contributed by atoms with E-state index in [0.29, 0.717) is 65.7 Å². The lowest BCUT2D eigenvalue weighted by Gasteiger charge is -2.32. The minimum atomic E-state index is -0.808. The number of nitrogens with zero attached hydrogens (tertiary/aromatic N) is 3. The molecule has 0 aromatic carbocycles. The molecule has 224 valence electrons. The first-order valence-electron chi connectivity index (χ1n) is 14.4. The first kappa shape index (κ1) is 31.7. The van der Waals surface area contributed by atoms with Crippen molar-refractivity contribution in [1.29, 1.82) is 0 Å². The van der Waals surface area contributed by atoms with Crippen LogP contribution in [0, 0.1) is 5.41 Å². The molecule has 0 aromatic rings.